The van der Waals surface area contributed by atoms with Crippen molar-refractivity contribution in [2.75, 3.05) is 33.1 Å². The summed E-state index contributed by atoms with van der Waals surface area (Å²) in [7, 11) is 2.28. The van der Waals surface area contributed by atoms with E-state index in [9.17, 15) is 9.59 Å². The number of esters is 2. The van der Waals surface area contributed by atoms with Crippen LogP contribution >= 0.6 is 23.4 Å². The summed E-state index contributed by atoms with van der Waals surface area (Å²) in [5.41, 5.74) is 14.2. The van der Waals surface area contributed by atoms with E-state index in [0.29, 0.717) is 47.4 Å². The zero-order valence-corrected chi connectivity index (χ0v) is 37.1. The Kier molecular flexibility index (Phi) is 13.7. The van der Waals surface area contributed by atoms with E-state index < -0.39 is 14.3 Å². The molecule has 2 N–H and O–H groups in total. The van der Waals surface area contributed by atoms with Crippen LogP contribution in [-0.4, -0.2) is 73.4 Å². The second kappa shape index (κ2) is 18.5. The Bertz CT molecular complexity index is 2290. The first-order chi connectivity index (χ1) is 27.8. The van der Waals surface area contributed by atoms with Crippen LogP contribution in [0.15, 0.2) is 89.6 Å². The van der Waals surface area contributed by atoms with Gasteiger partial charge in [0.05, 0.1) is 42.3 Å². The summed E-state index contributed by atoms with van der Waals surface area (Å²) < 4.78 is 21.6. The quantitative estimate of drug-likeness (QED) is 0.0466. The van der Waals surface area contributed by atoms with Crippen molar-refractivity contribution in [2.24, 2.45) is 17.8 Å². The van der Waals surface area contributed by atoms with Crippen molar-refractivity contribution in [1.82, 2.24) is 14.3 Å². The number of benzene rings is 3. The molecule has 0 bridgehead atoms. The van der Waals surface area contributed by atoms with Crippen LogP contribution in [0.1, 0.15) is 68.0 Å². The van der Waals surface area contributed by atoms with Gasteiger partial charge < -0.3 is 24.2 Å². The third-order valence-electron chi connectivity index (χ3n) is 10.8. The number of hydrogen-bond donors (Lipinski definition) is 1. The Morgan fingerprint density at radius 1 is 1.03 bits per heavy atom. The monoisotopic (exact) mass is 839 g/mol. The van der Waals surface area contributed by atoms with Crippen molar-refractivity contribution in [3.63, 3.8) is 0 Å². The van der Waals surface area contributed by atoms with Crippen molar-refractivity contribution in [1.29, 1.82) is 0 Å². The number of ether oxygens (including phenoxy) is 2. The highest BCUT2D eigenvalue weighted by Gasteiger charge is 2.50. The highest BCUT2D eigenvalue weighted by Crippen LogP contribution is 2.44. The van der Waals surface area contributed by atoms with Crippen LogP contribution in [-0.2, 0) is 50.9 Å². The summed E-state index contributed by atoms with van der Waals surface area (Å²) in [6.07, 6.45) is 4.87. The Morgan fingerprint density at radius 3 is 2.31 bits per heavy atom. The van der Waals surface area contributed by atoms with Gasteiger partial charge in [0.25, 0.3) is 8.32 Å². The predicted octanol–water partition coefficient (Wildman–Crippen LogP) is 7.65. The van der Waals surface area contributed by atoms with Crippen LogP contribution in [0.4, 0.5) is 0 Å². The van der Waals surface area contributed by atoms with E-state index in [1.165, 1.54) is 24.4 Å². The van der Waals surface area contributed by atoms with Crippen LogP contribution in [0.3, 0.4) is 0 Å². The number of thioether (sulfide) groups is 1. The van der Waals surface area contributed by atoms with Crippen LogP contribution in [0.5, 0.6) is 0 Å². The molecule has 0 radical (unpaired) electrons. The Labute approximate surface area is 351 Å². The molecule has 0 fully saturated rings. The third kappa shape index (κ3) is 8.71. The number of halogens is 1. The molecule has 0 saturated heterocycles. The number of hydrogen-bond acceptors (Lipinski definition) is 9. The van der Waals surface area contributed by atoms with Gasteiger partial charge in [0.1, 0.15) is 5.69 Å². The number of rotatable bonds is 16. The maximum Gasteiger partial charge on any atom is 0.354 e. The molecule has 6 rings (SSSR count). The summed E-state index contributed by atoms with van der Waals surface area (Å²) in [5.74, 6) is 0.378. The van der Waals surface area contributed by atoms with Gasteiger partial charge in [-0.1, -0.05) is 99.1 Å². The number of methoxy groups -OCH3 is 1. The number of carbonyl (C=O) groups excluding carboxylic acids is 2. The molecule has 0 spiro atoms. The van der Waals surface area contributed by atoms with E-state index in [2.05, 4.69) is 79.0 Å². The molecule has 0 unspecified atom stereocenters. The molecule has 3 aromatic carbocycles. The summed E-state index contributed by atoms with van der Waals surface area (Å²) in [6, 6.07) is 25.0. The molecule has 10 nitrogen and oxygen atoms in total. The number of fused-ring (bicyclic) bond motifs is 2. The standard InChI is InChI=1S/C45H54ClN5O5SSi/c1-30(52)55-25-15-20-35-36-22-23-37(46)40(42(36)50(6)43(35)44(53)54-7)41-38(49-51-24-14-21-39(41)51)29-57-28-31(47)26-32(48-5)27-56-58(45(2,3)4,33-16-10-8-11-17-33)34-18-12-9-13-19-34/h8-13,16-19,22-23,26H,14-15,20-21,24-25,27-29,47H2,1-7H3/b31-26-,48-32?. The zero-order valence-electron chi connectivity index (χ0n) is 34.6. The van der Waals surface area contributed by atoms with E-state index in [0.717, 1.165) is 64.1 Å². The average molecular weight is 841 g/mol. The number of carbonyl (C=O) groups is 2. The van der Waals surface area contributed by atoms with Crippen LogP contribution in [0.25, 0.3) is 22.0 Å². The van der Waals surface area contributed by atoms with Crippen LogP contribution < -0.4 is 16.1 Å². The number of aromatic nitrogens is 3. The Morgan fingerprint density at radius 2 is 1.71 bits per heavy atom. The summed E-state index contributed by atoms with van der Waals surface area (Å²) in [6.45, 7) is 9.58. The van der Waals surface area contributed by atoms with Crippen molar-refractivity contribution < 1.29 is 23.5 Å². The van der Waals surface area contributed by atoms with E-state index in [-0.39, 0.29) is 17.6 Å². The molecule has 0 saturated carbocycles. The van der Waals surface area contributed by atoms with Gasteiger partial charge in [0.15, 0.2) is 0 Å². The number of nitrogens with zero attached hydrogens (tertiary/aromatic N) is 4. The number of nitrogens with two attached hydrogens (primary N) is 1. The minimum atomic E-state index is -2.76. The maximum atomic E-state index is 13.3. The second-order valence-electron chi connectivity index (χ2n) is 15.6. The molecule has 5 aromatic rings. The first-order valence-electron chi connectivity index (χ1n) is 19.7. The van der Waals surface area contributed by atoms with Gasteiger partial charge in [-0.2, -0.15) is 5.10 Å². The molecule has 0 aliphatic carbocycles. The largest absolute Gasteiger partial charge is 0.466 e. The van der Waals surface area contributed by atoms with Crippen molar-refractivity contribution >= 4 is 70.6 Å². The van der Waals surface area contributed by atoms with Gasteiger partial charge in [-0.05, 0) is 58.8 Å². The summed E-state index contributed by atoms with van der Waals surface area (Å²) in [5, 5.41) is 8.84. The average Bonchev–Trinajstić information content (AvgIpc) is 3.88. The highest BCUT2D eigenvalue weighted by molar-refractivity contribution is 7.98. The molecule has 1 aliphatic heterocycles. The maximum absolute atomic E-state index is 13.3. The van der Waals surface area contributed by atoms with Gasteiger partial charge >= 0.3 is 11.9 Å². The smallest absolute Gasteiger partial charge is 0.354 e. The van der Waals surface area contributed by atoms with E-state index in [4.69, 9.17) is 36.3 Å². The van der Waals surface area contributed by atoms with Gasteiger partial charge in [0, 0.05) is 67.0 Å². The minimum absolute atomic E-state index is 0.164. The SMILES string of the molecule is CN=C(/C=C(\N)CSCc1nn2c(c1-c1c(Cl)ccc3c(CCCOC(C)=O)c(C(=O)OC)n(C)c13)CCC2)CO[Si](c1ccccc1)(c1ccccc1)C(C)(C)C. The molecular weight excluding hydrogens is 786 g/mol. The number of aliphatic imine (C=N–C) groups is 1. The minimum Gasteiger partial charge on any atom is -0.466 e. The molecule has 306 valence electrons. The molecule has 3 heterocycles. The molecule has 2 aromatic heterocycles. The highest BCUT2D eigenvalue weighted by atomic mass is 35.5. The van der Waals surface area contributed by atoms with E-state index in [1.54, 1.807) is 18.8 Å². The first kappa shape index (κ1) is 43.0. The predicted molar refractivity (Wildman–Crippen MR) is 239 cm³/mol. The van der Waals surface area contributed by atoms with Gasteiger partial charge in [0.2, 0.25) is 0 Å². The van der Waals surface area contributed by atoms with Crippen molar-refractivity contribution in [2.45, 2.75) is 70.7 Å². The van der Waals surface area contributed by atoms with Crippen molar-refractivity contribution in [3.8, 4) is 11.1 Å². The second-order valence-corrected chi connectivity index (χ2v) is 21.3. The molecular formula is C45H54ClN5O5SSi. The fourth-order valence-electron chi connectivity index (χ4n) is 8.33. The molecule has 13 heteroatoms. The van der Waals surface area contributed by atoms with Crippen molar-refractivity contribution in [3.05, 3.63) is 112 Å². The third-order valence-corrected chi connectivity index (χ3v) is 17.1. The molecule has 58 heavy (non-hydrogen) atoms. The Balaban J connectivity index is 1.26. The Hall–Kier alpha value is -4.62. The zero-order chi connectivity index (χ0) is 41.6. The lowest BCUT2D eigenvalue weighted by atomic mass is 9.97. The lowest BCUT2D eigenvalue weighted by Crippen LogP contribution is -2.67. The summed E-state index contributed by atoms with van der Waals surface area (Å²) >= 11 is 8.80. The molecule has 0 atom stereocenters. The van der Waals surface area contributed by atoms with E-state index >= 15 is 0 Å². The topological polar surface area (TPSA) is 123 Å². The first-order valence-corrected chi connectivity index (χ1v) is 23.1. The lowest BCUT2D eigenvalue weighted by molar-refractivity contribution is -0.141. The summed E-state index contributed by atoms with van der Waals surface area (Å²) in [4.78, 5) is 29.3. The van der Waals surface area contributed by atoms with Gasteiger partial charge in [-0.3, -0.25) is 14.5 Å². The van der Waals surface area contributed by atoms with E-state index in [1.807, 2.05) is 42.0 Å². The molecule has 1 aliphatic rings. The number of aryl methyl sites for hydroxylation is 3. The van der Waals surface area contributed by atoms with Gasteiger partial charge in [-0.15, -0.1) is 11.8 Å². The van der Waals surface area contributed by atoms with Gasteiger partial charge in [-0.25, -0.2) is 4.79 Å². The normalized spacial score (nSPS) is 13.6. The van der Waals surface area contributed by atoms with Crippen LogP contribution in [0, 0.1) is 0 Å². The fraction of sp³-hybridized carbons (Fsp3) is 0.378. The van der Waals surface area contributed by atoms with Crippen LogP contribution in [0.2, 0.25) is 10.1 Å². The fourth-order valence-corrected chi connectivity index (χ4v) is 13.9. The lowest BCUT2D eigenvalue weighted by Gasteiger charge is -2.43. The molecule has 0 amide bonds.